The molecule has 0 aromatic heterocycles. The number of carbonyl (C=O) groups is 2. The van der Waals surface area contributed by atoms with Crippen LogP contribution in [0.15, 0.2) is 18.2 Å². The molecule has 3 amide bonds. The molecule has 2 aliphatic rings. The van der Waals surface area contributed by atoms with Crippen molar-refractivity contribution in [2.45, 2.75) is 44.7 Å². The molecule has 25 heavy (non-hydrogen) atoms. The number of hydrogen-bond donors (Lipinski definition) is 2. The first-order valence-corrected chi connectivity index (χ1v) is 8.77. The minimum atomic E-state index is -0.395. The van der Waals surface area contributed by atoms with Crippen LogP contribution in [-0.2, 0) is 11.3 Å². The van der Waals surface area contributed by atoms with Gasteiger partial charge in [-0.05, 0) is 37.6 Å². The summed E-state index contributed by atoms with van der Waals surface area (Å²) >= 11 is 0. The molecule has 0 atom stereocenters. The van der Waals surface area contributed by atoms with E-state index in [9.17, 15) is 9.59 Å². The van der Waals surface area contributed by atoms with Crippen LogP contribution in [0.25, 0.3) is 0 Å². The molecule has 0 radical (unpaired) electrons. The van der Waals surface area contributed by atoms with E-state index in [4.69, 9.17) is 9.47 Å². The molecule has 1 saturated carbocycles. The number of likely N-dealkylation sites (N-methyl/N-ethyl adjacent to an activating group) is 1. The van der Waals surface area contributed by atoms with Crippen molar-refractivity contribution in [1.82, 2.24) is 15.5 Å². The van der Waals surface area contributed by atoms with E-state index in [0.717, 1.165) is 42.7 Å². The van der Waals surface area contributed by atoms with Crippen LogP contribution in [0.2, 0.25) is 0 Å². The van der Waals surface area contributed by atoms with E-state index in [2.05, 4.69) is 10.6 Å². The van der Waals surface area contributed by atoms with Crippen molar-refractivity contribution in [1.29, 1.82) is 0 Å². The van der Waals surface area contributed by atoms with Gasteiger partial charge in [0.1, 0.15) is 0 Å². The number of ether oxygens (including phenoxy) is 2. The molecular weight excluding hydrogens is 322 g/mol. The SMILES string of the molecule is CN(CC(=O)NC(=O)NC1CCCCC1)Cc1ccc2c(c1)OCO2. The molecule has 0 saturated heterocycles. The van der Waals surface area contributed by atoms with Gasteiger partial charge >= 0.3 is 6.03 Å². The van der Waals surface area contributed by atoms with Crippen LogP contribution in [0, 0.1) is 0 Å². The zero-order valence-corrected chi connectivity index (χ0v) is 14.5. The maximum Gasteiger partial charge on any atom is 0.321 e. The Morgan fingerprint density at radius 3 is 2.72 bits per heavy atom. The third-order valence-corrected chi connectivity index (χ3v) is 4.50. The predicted molar refractivity (Wildman–Crippen MR) is 92.4 cm³/mol. The molecule has 1 aliphatic carbocycles. The smallest absolute Gasteiger partial charge is 0.321 e. The Hall–Kier alpha value is -2.28. The van der Waals surface area contributed by atoms with Crippen LogP contribution in [0.1, 0.15) is 37.7 Å². The second kappa shape index (κ2) is 8.20. The molecule has 1 aromatic rings. The molecule has 1 fully saturated rings. The van der Waals surface area contributed by atoms with Gasteiger partial charge in [0.15, 0.2) is 11.5 Å². The molecule has 1 aromatic carbocycles. The lowest BCUT2D eigenvalue weighted by Gasteiger charge is -2.23. The second-order valence-electron chi connectivity index (χ2n) is 6.72. The molecule has 7 heteroatoms. The van der Waals surface area contributed by atoms with Gasteiger partial charge in [0.2, 0.25) is 12.7 Å². The molecular formula is C18H25N3O4. The van der Waals surface area contributed by atoms with Crippen molar-refractivity contribution in [3.05, 3.63) is 23.8 Å². The molecule has 1 heterocycles. The summed E-state index contributed by atoms with van der Waals surface area (Å²) in [6.07, 6.45) is 5.48. The van der Waals surface area contributed by atoms with Gasteiger partial charge < -0.3 is 14.8 Å². The summed E-state index contributed by atoms with van der Waals surface area (Å²) < 4.78 is 10.6. The van der Waals surface area contributed by atoms with E-state index in [1.165, 1.54) is 6.42 Å². The lowest BCUT2D eigenvalue weighted by Crippen LogP contribution is -2.47. The quantitative estimate of drug-likeness (QED) is 0.852. The topological polar surface area (TPSA) is 79.9 Å². The van der Waals surface area contributed by atoms with Crippen LogP contribution in [-0.4, -0.2) is 43.3 Å². The number of amides is 3. The van der Waals surface area contributed by atoms with Crippen molar-refractivity contribution < 1.29 is 19.1 Å². The summed E-state index contributed by atoms with van der Waals surface area (Å²) in [5.41, 5.74) is 1.02. The Morgan fingerprint density at radius 1 is 1.16 bits per heavy atom. The van der Waals surface area contributed by atoms with E-state index >= 15 is 0 Å². The summed E-state index contributed by atoms with van der Waals surface area (Å²) in [6.45, 7) is 0.966. The molecule has 3 rings (SSSR count). The number of urea groups is 1. The average Bonchev–Trinajstić information content (AvgIpc) is 3.02. The Balaban J connectivity index is 1.41. The first kappa shape index (κ1) is 17.5. The summed E-state index contributed by atoms with van der Waals surface area (Å²) in [5.74, 6) is 1.15. The highest BCUT2D eigenvalue weighted by molar-refractivity contribution is 5.95. The Bertz CT molecular complexity index is 629. The highest BCUT2D eigenvalue weighted by atomic mass is 16.7. The Kier molecular flexibility index (Phi) is 5.75. The molecule has 136 valence electrons. The number of rotatable bonds is 5. The normalized spacial score (nSPS) is 16.7. The first-order valence-electron chi connectivity index (χ1n) is 8.77. The number of nitrogens with zero attached hydrogens (tertiary/aromatic N) is 1. The van der Waals surface area contributed by atoms with E-state index in [1.54, 1.807) is 0 Å². The molecule has 2 N–H and O–H groups in total. The third kappa shape index (κ3) is 5.09. The van der Waals surface area contributed by atoms with Gasteiger partial charge in [-0.3, -0.25) is 15.0 Å². The Morgan fingerprint density at radius 2 is 1.92 bits per heavy atom. The van der Waals surface area contributed by atoms with Crippen molar-refractivity contribution in [2.75, 3.05) is 20.4 Å². The molecule has 1 aliphatic heterocycles. The average molecular weight is 347 g/mol. The molecule has 7 nitrogen and oxygen atoms in total. The standard InChI is InChI=1S/C18H25N3O4/c1-21(10-13-7-8-15-16(9-13)25-12-24-15)11-17(22)20-18(23)19-14-5-3-2-4-6-14/h7-9,14H,2-6,10-12H2,1H3,(H2,19,20,22,23). The summed E-state index contributed by atoms with van der Waals surface area (Å²) in [4.78, 5) is 25.8. The monoisotopic (exact) mass is 347 g/mol. The van der Waals surface area contributed by atoms with Gasteiger partial charge in [-0.25, -0.2) is 4.79 Å². The lowest BCUT2D eigenvalue weighted by atomic mass is 9.96. The fourth-order valence-electron chi connectivity index (χ4n) is 3.29. The minimum Gasteiger partial charge on any atom is -0.454 e. The van der Waals surface area contributed by atoms with E-state index in [-0.39, 0.29) is 25.3 Å². The zero-order valence-electron chi connectivity index (χ0n) is 14.5. The van der Waals surface area contributed by atoms with Gasteiger partial charge in [0.25, 0.3) is 0 Å². The highest BCUT2D eigenvalue weighted by Gasteiger charge is 2.18. The van der Waals surface area contributed by atoms with Crippen LogP contribution in [0.5, 0.6) is 11.5 Å². The van der Waals surface area contributed by atoms with E-state index in [1.807, 2.05) is 30.1 Å². The minimum absolute atomic E-state index is 0.145. The Labute approximate surface area is 147 Å². The third-order valence-electron chi connectivity index (χ3n) is 4.50. The predicted octanol–water partition coefficient (Wildman–Crippen LogP) is 2.01. The fraction of sp³-hybridized carbons (Fsp3) is 0.556. The summed E-state index contributed by atoms with van der Waals surface area (Å²) in [7, 11) is 1.84. The molecule has 0 unspecified atom stereocenters. The van der Waals surface area contributed by atoms with E-state index < -0.39 is 6.03 Å². The summed E-state index contributed by atoms with van der Waals surface area (Å²) in [6, 6.07) is 5.51. The lowest BCUT2D eigenvalue weighted by molar-refractivity contribution is -0.121. The highest BCUT2D eigenvalue weighted by Crippen LogP contribution is 2.32. The zero-order chi connectivity index (χ0) is 17.6. The number of nitrogens with one attached hydrogen (secondary N) is 2. The van der Waals surface area contributed by atoms with Crippen LogP contribution < -0.4 is 20.1 Å². The van der Waals surface area contributed by atoms with Gasteiger partial charge in [-0.15, -0.1) is 0 Å². The largest absolute Gasteiger partial charge is 0.454 e. The number of imide groups is 1. The van der Waals surface area contributed by atoms with Crippen molar-refractivity contribution in [3.63, 3.8) is 0 Å². The van der Waals surface area contributed by atoms with Crippen LogP contribution in [0.3, 0.4) is 0 Å². The van der Waals surface area contributed by atoms with Crippen LogP contribution in [0.4, 0.5) is 4.79 Å². The maximum absolute atomic E-state index is 12.0. The van der Waals surface area contributed by atoms with Crippen molar-refractivity contribution >= 4 is 11.9 Å². The molecule has 0 bridgehead atoms. The van der Waals surface area contributed by atoms with Gasteiger partial charge in [-0.1, -0.05) is 25.3 Å². The van der Waals surface area contributed by atoms with Gasteiger partial charge in [-0.2, -0.15) is 0 Å². The van der Waals surface area contributed by atoms with Crippen molar-refractivity contribution in [2.24, 2.45) is 0 Å². The first-order chi connectivity index (χ1) is 12.1. The van der Waals surface area contributed by atoms with Crippen LogP contribution >= 0.6 is 0 Å². The number of hydrogen-bond acceptors (Lipinski definition) is 5. The number of benzene rings is 1. The van der Waals surface area contributed by atoms with E-state index in [0.29, 0.717) is 6.54 Å². The maximum atomic E-state index is 12.0. The number of fused-ring (bicyclic) bond motifs is 1. The fourth-order valence-corrected chi connectivity index (χ4v) is 3.29. The van der Waals surface area contributed by atoms with Crippen molar-refractivity contribution in [3.8, 4) is 11.5 Å². The van der Waals surface area contributed by atoms with Gasteiger partial charge in [0.05, 0.1) is 6.54 Å². The molecule has 0 spiro atoms. The summed E-state index contributed by atoms with van der Waals surface area (Å²) in [5, 5.41) is 5.29. The van der Waals surface area contributed by atoms with Gasteiger partial charge in [0, 0.05) is 12.6 Å². The number of carbonyl (C=O) groups excluding carboxylic acids is 2. The second-order valence-corrected chi connectivity index (χ2v) is 6.72.